The summed E-state index contributed by atoms with van der Waals surface area (Å²) in [5, 5.41) is 18.6. The van der Waals surface area contributed by atoms with E-state index in [4.69, 9.17) is 0 Å². The van der Waals surface area contributed by atoms with Crippen LogP contribution in [0.2, 0.25) is 0 Å². The molecule has 0 amide bonds. The van der Waals surface area contributed by atoms with E-state index in [1.807, 2.05) is 0 Å². The first-order valence-corrected chi connectivity index (χ1v) is 8.44. The van der Waals surface area contributed by atoms with Crippen molar-refractivity contribution < 1.29 is 10.2 Å². The van der Waals surface area contributed by atoms with E-state index in [1.165, 1.54) is 0 Å². The maximum atomic E-state index is 9.28. The van der Waals surface area contributed by atoms with E-state index in [0.29, 0.717) is 25.2 Å². The fourth-order valence-electron chi connectivity index (χ4n) is 2.70. The summed E-state index contributed by atoms with van der Waals surface area (Å²) in [7, 11) is 0. The molecule has 4 heteroatoms. The van der Waals surface area contributed by atoms with Crippen LogP contribution in [0.3, 0.4) is 0 Å². The first-order valence-electron chi connectivity index (χ1n) is 8.44. The molecule has 2 atom stereocenters. The Morgan fingerprint density at radius 2 is 1.09 bits per heavy atom. The SMILES string of the molecule is CCC(C)N(CCO)c1ccc(N(CCO)C(C)CC)cc1. The minimum atomic E-state index is 0.162. The molecule has 1 rings (SSSR count). The molecule has 0 aliphatic heterocycles. The van der Waals surface area contributed by atoms with Gasteiger partial charge in [-0.2, -0.15) is 0 Å². The zero-order chi connectivity index (χ0) is 16.5. The summed E-state index contributed by atoms with van der Waals surface area (Å²) in [5.74, 6) is 0. The Bertz CT molecular complexity index is 369. The van der Waals surface area contributed by atoms with Crippen molar-refractivity contribution in [2.45, 2.75) is 52.6 Å². The highest BCUT2D eigenvalue weighted by molar-refractivity contribution is 5.57. The third-order valence-corrected chi connectivity index (χ3v) is 4.44. The Morgan fingerprint density at radius 3 is 1.32 bits per heavy atom. The molecule has 2 N–H and O–H groups in total. The van der Waals surface area contributed by atoms with Gasteiger partial charge in [-0.15, -0.1) is 0 Å². The monoisotopic (exact) mass is 308 g/mol. The number of anilines is 2. The summed E-state index contributed by atoms with van der Waals surface area (Å²) >= 11 is 0. The van der Waals surface area contributed by atoms with Crippen LogP contribution in [0.4, 0.5) is 11.4 Å². The van der Waals surface area contributed by atoms with Gasteiger partial charge in [0.25, 0.3) is 0 Å². The summed E-state index contributed by atoms with van der Waals surface area (Å²) in [6.07, 6.45) is 2.09. The first-order chi connectivity index (χ1) is 10.6. The van der Waals surface area contributed by atoms with E-state index in [2.05, 4.69) is 61.8 Å². The van der Waals surface area contributed by atoms with Crippen molar-refractivity contribution in [2.75, 3.05) is 36.1 Å². The molecule has 0 radical (unpaired) electrons. The van der Waals surface area contributed by atoms with E-state index < -0.39 is 0 Å². The molecule has 0 spiro atoms. The molecule has 0 aromatic heterocycles. The van der Waals surface area contributed by atoms with Crippen LogP contribution in [0, 0.1) is 0 Å². The number of hydrogen-bond donors (Lipinski definition) is 2. The molecule has 0 heterocycles. The van der Waals surface area contributed by atoms with Gasteiger partial charge in [0.15, 0.2) is 0 Å². The Hall–Kier alpha value is -1.26. The van der Waals surface area contributed by atoms with Crippen LogP contribution in [-0.2, 0) is 0 Å². The summed E-state index contributed by atoms with van der Waals surface area (Å²) in [5.41, 5.74) is 2.28. The molecule has 0 saturated carbocycles. The number of rotatable bonds is 10. The van der Waals surface area contributed by atoms with Gasteiger partial charge in [-0.25, -0.2) is 0 Å². The van der Waals surface area contributed by atoms with Crippen LogP contribution in [0.1, 0.15) is 40.5 Å². The molecule has 4 nitrogen and oxygen atoms in total. The molecule has 1 aromatic carbocycles. The molecule has 126 valence electrons. The fourth-order valence-corrected chi connectivity index (χ4v) is 2.70. The van der Waals surface area contributed by atoms with Gasteiger partial charge in [-0.3, -0.25) is 0 Å². The molecule has 0 aliphatic carbocycles. The lowest BCUT2D eigenvalue weighted by Gasteiger charge is -2.33. The first kappa shape index (κ1) is 18.8. The summed E-state index contributed by atoms with van der Waals surface area (Å²) in [4.78, 5) is 4.48. The molecule has 0 aliphatic rings. The van der Waals surface area contributed by atoms with Gasteiger partial charge >= 0.3 is 0 Å². The van der Waals surface area contributed by atoms with Crippen LogP contribution in [-0.4, -0.2) is 48.6 Å². The van der Waals surface area contributed by atoms with Gasteiger partial charge in [0.1, 0.15) is 0 Å². The molecule has 22 heavy (non-hydrogen) atoms. The summed E-state index contributed by atoms with van der Waals surface area (Å²) < 4.78 is 0. The quantitative estimate of drug-likeness (QED) is 0.698. The van der Waals surface area contributed by atoms with Gasteiger partial charge in [0, 0.05) is 36.5 Å². The topological polar surface area (TPSA) is 46.9 Å². The van der Waals surface area contributed by atoms with Crippen molar-refractivity contribution in [3.8, 4) is 0 Å². The molecule has 0 fully saturated rings. The minimum absolute atomic E-state index is 0.162. The zero-order valence-corrected chi connectivity index (χ0v) is 14.5. The Balaban J connectivity index is 2.95. The standard InChI is InChI=1S/C18H32N2O2/c1-5-15(3)19(11-13-21)17-7-9-18(10-8-17)20(12-14-22)16(4)6-2/h7-10,15-16,21-22H,5-6,11-14H2,1-4H3. The number of benzene rings is 1. The number of aliphatic hydroxyl groups is 2. The van der Waals surface area contributed by atoms with E-state index in [1.54, 1.807) is 0 Å². The van der Waals surface area contributed by atoms with Gasteiger partial charge in [0.2, 0.25) is 0 Å². The van der Waals surface area contributed by atoms with E-state index in [-0.39, 0.29) is 13.2 Å². The minimum Gasteiger partial charge on any atom is -0.395 e. The normalized spacial score (nSPS) is 13.7. The zero-order valence-electron chi connectivity index (χ0n) is 14.5. The van der Waals surface area contributed by atoms with Crippen LogP contribution >= 0.6 is 0 Å². The highest BCUT2D eigenvalue weighted by Gasteiger charge is 2.15. The van der Waals surface area contributed by atoms with E-state index in [9.17, 15) is 10.2 Å². The second-order valence-corrected chi connectivity index (χ2v) is 5.86. The number of aliphatic hydroxyl groups excluding tert-OH is 2. The lowest BCUT2D eigenvalue weighted by atomic mass is 10.1. The largest absolute Gasteiger partial charge is 0.395 e. The van der Waals surface area contributed by atoms with E-state index in [0.717, 1.165) is 24.2 Å². The van der Waals surface area contributed by atoms with Crippen molar-refractivity contribution in [3.63, 3.8) is 0 Å². The van der Waals surface area contributed by atoms with Crippen molar-refractivity contribution in [2.24, 2.45) is 0 Å². The predicted octanol–water partition coefficient (Wildman–Crippen LogP) is 2.88. The summed E-state index contributed by atoms with van der Waals surface area (Å²) in [6.45, 7) is 10.3. The van der Waals surface area contributed by atoms with Crippen LogP contribution < -0.4 is 9.80 Å². The lowest BCUT2D eigenvalue weighted by Crippen LogP contribution is -2.36. The smallest absolute Gasteiger partial charge is 0.0606 e. The van der Waals surface area contributed by atoms with E-state index >= 15 is 0 Å². The van der Waals surface area contributed by atoms with Gasteiger partial charge in [-0.1, -0.05) is 13.8 Å². The van der Waals surface area contributed by atoms with Gasteiger partial charge in [0.05, 0.1) is 13.2 Å². The summed E-state index contributed by atoms with van der Waals surface area (Å²) in [6, 6.07) is 9.27. The van der Waals surface area contributed by atoms with Crippen LogP contribution in [0.15, 0.2) is 24.3 Å². The van der Waals surface area contributed by atoms with Crippen molar-refractivity contribution in [1.82, 2.24) is 0 Å². The molecule has 0 bridgehead atoms. The fraction of sp³-hybridized carbons (Fsp3) is 0.667. The van der Waals surface area contributed by atoms with Gasteiger partial charge < -0.3 is 20.0 Å². The maximum Gasteiger partial charge on any atom is 0.0606 e. The molecular weight excluding hydrogens is 276 g/mol. The lowest BCUT2D eigenvalue weighted by molar-refractivity contribution is 0.297. The second-order valence-electron chi connectivity index (χ2n) is 5.86. The Labute approximate surface area is 135 Å². The predicted molar refractivity (Wildman–Crippen MR) is 94.8 cm³/mol. The average Bonchev–Trinajstić information content (AvgIpc) is 2.56. The average molecular weight is 308 g/mol. The number of nitrogens with zero attached hydrogens (tertiary/aromatic N) is 2. The van der Waals surface area contributed by atoms with Crippen molar-refractivity contribution in [3.05, 3.63) is 24.3 Å². The van der Waals surface area contributed by atoms with Crippen molar-refractivity contribution >= 4 is 11.4 Å². The molecule has 2 unspecified atom stereocenters. The molecule has 1 aromatic rings. The highest BCUT2D eigenvalue weighted by Crippen LogP contribution is 2.24. The molecule has 0 saturated heterocycles. The maximum absolute atomic E-state index is 9.28. The van der Waals surface area contributed by atoms with Gasteiger partial charge in [-0.05, 0) is 51.0 Å². The third-order valence-electron chi connectivity index (χ3n) is 4.44. The molecular formula is C18H32N2O2. The van der Waals surface area contributed by atoms with Crippen LogP contribution in [0.25, 0.3) is 0 Å². The third kappa shape index (κ3) is 4.89. The Kier molecular flexibility index (Phi) is 8.28. The second kappa shape index (κ2) is 9.70. The van der Waals surface area contributed by atoms with Crippen LogP contribution in [0.5, 0.6) is 0 Å². The Morgan fingerprint density at radius 1 is 0.773 bits per heavy atom. The number of hydrogen-bond acceptors (Lipinski definition) is 4. The van der Waals surface area contributed by atoms with Crippen molar-refractivity contribution in [1.29, 1.82) is 0 Å². The highest BCUT2D eigenvalue weighted by atomic mass is 16.3.